The van der Waals surface area contributed by atoms with Crippen molar-refractivity contribution in [2.45, 2.75) is 109 Å². The van der Waals surface area contributed by atoms with Gasteiger partial charge >= 0.3 is 5.97 Å². The predicted octanol–water partition coefficient (Wildman–Crippen LogP) is 4.75. The second kappa shape index (κ2) is 16.4. The summed E-state index contributed by atoms with van der Waals surface area (Å²) in [5, 5.41) is 19.5. The van der Waals surface area contributed by atoms with Crippen molar-refractivity contribution in [2.75, 3.05) is 19.8 Å². The van der Waals surface area contributed by atoms with E-state index in [1.807, 2.05) is 6.92 Å². The maximum atomic E-state index is 12.6. The molecule has 0 aromatic heterocycles. The average molecular weight is 467 g/mol. The van der Waals surface area contributed by atoms with Gasteiger partial charge in [0.2, 0.25) is 6.10 Å². The Hall–Kier alpha value is -1.24. The molecule has 0 aromatic carbocycles. The molecular weight excluding hydrogens is 420 g/mol. The summed E-state index contributed by atoms with van der Waals surface area (Å²) < 4.78 is 10.4. The molecule has 5 atom stereocenters. The second-order valence-electron chi connectivity index (χ2n) is 9.86. The van der Waals surface area contributed by atoms with Gasteiger partial charge in [-0.1, -0.05) is 51.2 Å². The van der Waals surface area contributed by atoms with Gasteiger partial charge in [-0.2, -0.15) is 0 Å². The zero-order valence-corrected chi connectivity index (χ0v) is 20.6. The monoisotopic (exact) mass is 466 g/mol. The molecule has 0 radical (unpaired) electrons. The third kappa shape index (κ3) is 10.3. The van der Waals surface area contributed by atoms with Crippen LogP contribution >= 0.6 is 0 Å². The lowest BCUT2D eigenvalue weighted by molar-refractivity contribution is -0.162. The van der Waals surface area contributed by atoms with Crippen molar-refractivity contribution in [3.05, 3.63) is 12.2 Å². The maximum absolute atomic E-state index is 12.6. The lowest BCUT2D eigenvalue weighted by Gasteiger charge is -2.24. The summed E-state index contributed by atoms with van der Waals surface area (Å²) in [6.45, 7) is 1.97. The minimum atomic E-state index is -1.24. The van der Waals surface area contributed by atoms with Crippen LogP contribution in [0.5, 0.6) is 0 Å². The fourth-order valence-electron chi connectivity index (χ4n) is 5.37. The first-order chi connectivity index (χ1) is 16.1. The van der Waals surface area contributed by atoms with Crippen LogP contribution in [-0.2, 0) is 19.1 Å². The van der Waals surface area contributed by atoms with Crippen molar-refractivity contribution >= 4 is 11.8 Å². The van der Waals surface area contributed by atoms with Gasteiger partial charge in [-0.15, -0.1) is 0 Å². The van der Waals surface area contributed by atoms with Gasteiger partial charge in [0, 0.05) is 6.42 Å². The van der Waals surface area contributed by atoms with Crippen LogP contribution in [0.1, 0.15) is 96.8 Å². The van der Waals surface area contributed by atoms with Crippen molar-refractivity contribution in [3.8, 4) is 0 Å². The van der Waals surface area contributed by atoms with Crippen LogP contribution in [0.3, 0.4) is 0 Å². The summed E-state index contributed by atoms with van der Waals surface area (Å²) in [7, 11) is 0. The van der Waals surface area contributed by atoms with Gasteiger partial charge in [-0.05, 0) is 69.1 Å². The molecule has 0 aliphatic heterocycles. The van der Waals surface area contributed by atoms with E-state index in [1.54, 1.807) is 0 Å². The highest BCUT2D eigenvalue weighted by Crippen LogP contribution is 2.39. The Labute approximate surface area is 200 Å². The molecule has 2 N–H and O–H groups in total. The molecule has 33 heavy (non-hydrogen) atoms. The Morgan fingerprint density at radius 2 is 1.85 bits per heavy atom. The lowest BCUT2D eigenvalue weighted by atomic mass is 9.83. The number of allylic oxidation sites excluding steroid dienone is 2. The van der Waals surface area contributed by atoms with Gasteiger partial charge < -0.3 is 19.7 Å². The van der Waals surface area contributed by atoms with Gasteiger partial charge in [0.1, 0.15) is 0 Å². The summed E-state index contributed by atoms with van der Waals surface area (Å²) in [4.78, 5) is 24.8. The molecule has 2 unspecified atom stereocenters. The van der Waals surface area contributed by atoms with E-state index in [9.17, 15) is 14.7 Å². The number of aliphatic hydroxyl groups excluding tert-OH is 2. The lowest BCUT2D eigenvalue weighted by Crippen LogP contribution is -2.35. The zero-order chi connectivity index (χ0) is 23.9. The fraction of sp³-hybridized carbons (Fsp3) is 0.852. The number of unbranched alkanes of at least 4 members (excludes halogenated alkanes) is 2. The van der Waals surface area contributed by atoms with Crippen molar-refractivity contribution in [3.63, 3.8) is 0 Å². The minimum Gasteiger partial charge on any atom is -0.463 e. The third-order valence-electron chi connectivity index (χ3n) is 7.33. The molecule has 190 valence electrons. The first-order valence-electron chi connectivity index (χ1n) is 13.3. The molecule has 2 rings (SSSR count). The van der Waals surface area contributed by atoms with Gasteiger partial charge in [0.15, 0.2) is 5.78 Å². The van der Waals surface area contributed by atoms with Crippen molar-refractivity contribution in [1.82, 2.24) is 0 Å². The van der Waals surface area contributed by atoms with Gasteiger partial charge in [-0.25, -0.2) is 4.79 Å². The molecule has 1 saturated carbocycles. The molecule has 6 nitrogen and oxygen atoms in total. The maximum Gasteiger partial charge on any atom is 0.343 e. The number of ketones is 1. The Morgan fingerprint density at radius 3 is 2.58 bits per heavy atom. The molecule has 0 amide bonds. The Bertz CT molecular complexity index is 589. The second-order valence-corrected chi connectivity index (χ2v) is 9.86. The van der Waals surface area contributed by atoms with E-state index in [0.29, 0.717) is 18.3 Å². The number of Topliss-reactive ketones (excluding diaryl/α,β-unsaturated/α-hetero) is 1. The molecule has 0 spiro atoms. The zero-order valence-electron chi connectivity index (χ0n) is 20.6. The van der Waals surface area contributed by atoms with Crippen LogP contribution < -0.4 is 0 Å². The van der Waals surface area contributed by atoms with Crippen LogP contribution in [0.25, 0.3) is 0 Å². The Balaban J connectivity index is 1.70. The van der Waals surface area contributed by atoms with Crippen LogP contribution in [0.2, 0.25) is 0 Å². The number of ether oxygens (including phenoxy) is 2. The SMILES string of the molecule is CCCCOC(=O)C(OCCO)C(=O)CCCC[C@@H]1[C@@H](CCCC2CC=CCC2)CC[C@@H]1O. The summed E-state index contributed by atoms with van der Waals surface area (Å²) in [5.41, 5.74) is 0. The van der Waals surface area contributed by atoms with Crippen LogP contribution in [0.4, 0.5) is 0 Å². The number of aliphatic hydroxyl groups is 2. The van der Waals surface area contributed by atoms with E-state index < -0.39 is 12.1 Å². The minimum absolute atomic E-state index is 0.0631. The van der Waals surface area contributed by atoms with Gasteiger partial charge in [0.05, 0.1) is 25.9 Å². The van der Waals surface area contributed by atoms with E-state index in [1.165, 1.54) is 38.5 Å². The molecule has 6 heteroatoms. The quantitative estimate of drug-likeness (QED) is 0.139. The van der Waals surface area contributed by atoms with E-state index in [-0.39, 0.29) is 38.1 Å². The molecular formula is C27H46O6. The van der Waals surface area contributed by atoms with E-state index >= 15 is 0 Å². The number of rotatable bonds is 17. The van der Waals surface area contributed by atoms with E-state index in [2.05, 4.69) is 12.2 Å². The Kier molecular flexibility index (Phi) is 13.9. The molecule has 2 aliphatic rings. The van der Waals surface area contributed by atoms with Gasteiger partial charge in [0.25, 0.3) is 0 Å². The smallest absolute Gasteiger partial charge is 0.343 e. The van der Waals surface area contributed by atoms with Crippen molar-refractivity contribution in [1.29, 1.82) is 0 Å². The molecule has 2 aliphatic carbocycles. The van der Waals surface area contributed by atoms with Crippen molar-refractivity contribution in [2.24, 2.45) is 17.8 Å². The standard InChI is InChI=1S/C27H46O6/c1-2-3-19-33-27(31)26(32-20-18-28)25(30)15-8-7-14-23-22(16-17-24(23)29)13-9-12-21-10-5-4-6-11-21/h4-5,21-24,26,28-29H,2-3,6-20H2,1H3/t21?,22-,23+,24-,26?/m0/s1. The third-order valence-corrected chi connectivity index (χ3v) is 7.33. The predicted molar refractivity (Wildman–Crippen MR) is 129 cm³/mol. The summed E-state index contributed by atoms with van der Waals surface area (Å²) in [6, 6.07) is 0. The number of carbonyl (C=O) groups excluding carboxylic acids is 2. The van der Waals surface area contributed by atoms with E-state index in [0.717, 1.165) is 44.4 Å². The van der Waals surface area contributed by atoms with Crippen molar-refractivity contribution < 1.29 is 29.3 Å². The highest BCUT2D eigenvalue weighted by Gasteiger charge is 2.34. The highest BCUT2D eigenvalue weighted by atomic mass is 16.6. The van der Waals surface area contributed by atoms with Crippen LogP contribution in [0.15, 0.2) is 12.2 Å². The van der Waals surface area contributed by atoms with Gasteiger partial charge in [-0.3, -0.25) is 4.79 Å². The first kappa shape index (κ1) is 28.0. The topological polar surface area (TPSA) is 93.1 Å². The number of carbonyl (C=O) groups is 2. The summed E-state index contributed by atoms with van der Waals surface area (Å²) in [5.74, 6) is 0.813. The summed E-state index contributed by atoms with van der Waals surface area (Å²) >= 11 is 0. The number of esters is 1. The molecule has 0 aromatic rings. The normalized spacial score (nSPS) is 25.8. The molecule has 0 bridgehead atoms. The summed E-state index contributed by atoms with van der Waals surface area (Å²) in [6.07, 6.45) is 17.0. The highest BCUT2D eigenvalue weighted by molar-refractivity contribution is 6.02. The average Bonchev–Trinajstić information content (AvgIpc) is 3.17. The molecule has 0 heterocycles. The van der Waals surface area contributed by atoms with Crippen LogP contribution in [0, 0.1) is 17.8 Å². The number of hydrogen-bond donors (Lipinski definition) is 2. The molecule has 1 fully saturated rings. The fourth-order valence-corrected chi connectivity index (χ4v) is 5.37. The largest absolute Gasteiger partial charge is 0.463 e. The van der Waals surface area contributed by atoms with Crippen LogP contribution in [-0.4, -0.2) is 54.0 Å². The number of hydrogen-bond acceptors (Lipinski definition) is 6. The van der Waals surface area contributed by atoms with E-state index in [4.69, 9.17) is 14.6 Å². The Morgan fingerprint density at radius 1 is 1.00 bits per heavy atom. The first-order valence-corrected chi connectivity index (χ1v) is 13.3. The molecule has 0 saturated heterocycles.